The Morgan fingerprint density at radius 2 is 2.06 bits per heavy atom. The number of hydrogen-bond donors (Lipinski definition) is 1. The largest absolute Gasteiger partial charge is 0.326 e. The van der Waals surface area contributed by atoms with Gasteiger partial charge in [-0.25, -0.2) is 0 Å². The lowest BCUT2D eigenvalue weighted by atomic mass is 9.93. The third kappa shape index (κ3) is 1.81. The molecule has 0 aliphatic heterocycles. The van der Waals surface area contributed by atoms with Crippen LogP contribution in [0.15, 0.2) is 24.4 Å². The monoisotopic (exact) mass is 214 g/mol. The van der Waals surface area contributed by atoms with Crippen LogP contribution < -0.4 is 5.73 Å². The van der Waals surface area contributed by atoms with Crippen LogP contribution in [0.3, 0.4) is 0 Å². The van der Waals surface area contributed by atoms with Crippen LogP contribution in [0.5, 0.6) is 0 Å². The molecule has 2 nitrogen and oxygen atoms in total. The molecule has 0 fully saturated rings. The van der Waals surface area contributed by atoms with Crippen molar-refractivity contribution in [2.24, 2.45) is 5.73 Å². The highest BCUT2D eigenvalue weighted by atomic mass is 14.7. The molecular formula is C14H18N2. The van der Waals surface area contributed by atoms with Crippen LogP contribution in [-0.4, -0.2) is 4.98 Å². The quantitative estimate of drug-likeness (QED) is 0.834. The minimum atomic E-state index is 0.478. The first kappa shape index (κ1) is 11.1. The fourth-order valence-electron chi connectivity index (χ4n) is 2.21. The average molecular weight is 214 g/mol. The Morgan fingerprint density at radius 1 is 1.31 bits per heavy atom. The fraction of sp³-hybridized carbons (Fsp3) is 0.357. The van der Waals surface area contributed by atoms with E-state index in [2.05, 4.69) is 44.0 Å². The van der Waals surface area contributed by atoms with Crippen LogP contribution in [0.2, 0.25) is 0 Å². The van der Waals surface area contributed by atoms with Crippen molar-refractivity contribution in [3.63, 3.8) is 0 Å². The van der Waals surface area contributed by atoms with Gasteiger partial charge in [0.05, 0.1) is 5.52 Å². The van der Waals surface area contributed by atoms with E-state index in [9.17, 15) is 0 Å². The van der Waals surface area contributed by atoms with Crippen LogP contribution in [-0.2, 0) is 6.54 Å². The van der Waals surface area contributed by atoms with Gasteiger partial charge in [-0.1, -0.05) is 25.5 Å². The first-order valence-electron chi connectivity index (χ1n) is 5.71. The molecule has 0 amide bonds. The lowest BCUT2D eigenvalue weighted by Gasteiger charge is -2.14. The molecule has 0 unspecified atom stereocenters. The highest BCUT2D eigenvalue weighted by Crippen LogP contribution is 2.28. The number of fused-ring (bicyclic) bond motifs is 1. The van der Waals surface area contributed by atoms with Crippen molar-refractivity contribution >= 4 is 10.9 Å². The molecular weight excluding hydrogens is 196 g/mol. The maximum atomic E-state index is 5.78. The van der Waals surface area contributed by atoms with Crippen molar-refractivity contribution in [3.05, 3.63) is 41.1 Å². The number of aromatic nitrogens is 1. The molecule has 0 aliphatic rings. The highest BCUT2D eigenvalue weighted by Gasteiger charge is 2.11. The van der Waals surface area contributed by atoms with E-state index < -0.39 is 0 Å². The minimum absolute atomic E-state index is 0.478. The molecule has 0 radical (unpaired) electrons. The van der Waals surface area contributed by atoms with Gasteiger partial charge in [-0.15, -0.1) is 0 Å². The van der Waals surface area contributed by atoms with Crippen molar-refractivity contribution in [3.8, 4) is 0 Å². The van der Waals surface area contributed by atoms with Crippen molar-refractivity contribution in [1.29, 1.82) is 0 Å². The van der Waals surface area contributed by atoms with Crippen molar-refractivity contribution in [2.75, 3.05) is 0 Å². The van der Waals surface area contributed by atoms with E-state index in [4.69, 9.17) is 5.73 Å². The van der Waals surface area contributed by atoms with Gasteiger partial charge in [0.15, 0.2) is 0 Å². The molecule has 2 rings (SSSR count). The summed E-state index contributed by atoms with van der Waals surface area (Å²) in [6, 6.07) is 6.38. The van der Waals surface area contributed by atoms with Gasteiger partial charge in [0, 0.05) is 18.1 Å². The number of aryl methyl sites for hydroxylation is 1. The van der Waals surface area contributed by atoms with Gasteiger partial charge in [0.1, 0.15) is 0 Å². The second kappa shape index (κ2) is 4.22. The van der Waals surface area contributed by atoms with Crippen molar-refractivity contribution in [1.82, 2.24) is 4.98 Å². The van der Waals surface area contributed by atoms with E-state index in [0.717, 1.165) is 11.1 Å². The summed E-state index contributed by atoms with van der Waals surface area (Å²) in [5.41, 5.74) is 10.6. The Bertz CT molecular complexity index is 515. The Balaban J connectivity index is 2.81. The Morgan fingerprint density at radius 3 is 2.69 bits per heavy atom. The summed E-state index contributed by atoms with van der Waals surface area (Å²) in [5.74, 6) is 0.478. The molecule has 2 N–H and O–H groups in total. The molecule has 1 aromatic heterocycles. The van der Waals surface area contributed by atoms with Gasteiger partial charge >= 0.3 is 0 Å². The molecule has 0 saturated carbocycles. The molecule has 0 saturated heterocycles. The summed E-state index contributed by atoms with van der Waals surface area (Å²) in [7, 11) is 0. The predicted octanol–water partition coefficient (Wildman–Crippen LogP) is 3.13. The Labute approximate surface area is 96.5 Å². The first-order valence-corrected chi connectivity index (χ1v) is 5.71. The lowest BCUT2D eigenvalue weighted by Crippen LogP contribution is -2.05. The van der Waals surface area contributed by atoms with E-state index in [-0.39, 0.29) is 0 Å². The molecule has 0 bridgehead atoms. The zero-order chi connectivity index (χ0) is 11.7. The second-order valence-electron chi connectivity index (χ2n) is 4.58. The SMILES string of the molecule is Cc1ccc2ncc(CN)c(C(C)C)c2c1. The summed E-state index contributed by atoms with van der Waals surface area (Å²) in [6.07, 6.45) is 1.91. The summed E-state index contributed by atoms with van der Waals surface area (Å²) in [4.78, 5) is 4.46. The van der Waals surface area contributed by atoms with Gasteiger partial charge in [0.25, 0.3) is 0 Å². The first-order chi connectivity index (χ1) is 7.63. The number of pyridine rings is 1. The molecule has 16 heavy (non-hydrogen) atoms. The molecule has 0 aliphatic carbocycles. The average Bonchev–Trinajstić information content (AvgIpc) is 2.26. The molecule has 0 atom stereocenters. The minimum Gasteiger partial charge on any atom is -0.326 e. The summed E-state index contributed by atoms with van der Waals surface area (Å²) in [6.45, 7) is 7.08. The van der Waals surface area contributed by atoms with Gasteiger partial charge in [0.2, 0.25) is 0 Å². The van der Waals surface area contributed by atoms with Crippen LogP contribution >= 0.6 is 0 Å². The maximum Gasteiger partial charge on any atom is 0.0705 e. The zero-order valence-electron chi connectivity index (χ0n) is 10.1. The van der Waals surface area contributed by atoms with E-state index in [0.29, 0.717) is 12.5 Å². The molecule has 1 heterocycles. The maximum absolute atomic E-state index is 5.78. The number of benzene rings is 1. The normalized spacial score (nSPS) is 11.3. The Kier molecular flexibility index (Phi) is 2.92. The van der Waals surface area contributed by atoms with Gasteiger partial charge < -0.3 is 5.73 Å². The fourth-order valence-corrected chi connectivity index (χ4v) is 2.21. The number of hydrogen-bond acceptors (Lipinski definition) is 2. The van der Waals surface area contributed by atoms with Crippen LogP contribution in [0.1, 0.15) is 36.5 Å². The van der Waals surface area contributed by atoms with E-state index in [1.54, 1.807) is 0 Å². The molecule has 1 aromatic carbocycles. The highest BCUT2D eigenvalue weighted by molar-refractivity contribution is 5.84. The summed E-state index contributed by atoms with van der Waals surface area (Å²) < 4.78 is 0. The number of nitrogens with two attached hydrogens (primary N) is 1. The second-order valence-corrected chi connectivity index (χ2v) is 4.58. The van der Waals surface area contributed by atoms with Gasteiger partial charge in [-0.05, 0) is 36.1 Å². The van der Waals surface area contributed by atoms with Crippen molar-refractivity contribution in [2.45, 2.75) is 33.2 Å². The third-order valence-corrected chi connectivity index (χ3v) is 2.94. The van der Waals surface area contributed by atoms with E-state index >= 15 is 0 Å². The molecule has 2 aromatic rings. The van der Waals surface area contributed by atoms with Crippen molar-refractivity contribution < 1.29 is 0 Å². The third-order valence-electron chi connectivity index (χ3n) is 2.94. The Hall–Kier alpha value is -1.41. The number of rotatable bonds is 2. The standard InChI is InChI=1S/C14H18N2/c1-9(2)14-11(7-15)8-16-13-5-4-10(3)6-12(13)14/h4-6,8-9H,7,15H2,1-3H3. The summed E-state index contributed by atoms with van der Waals surface area (Å²) >= 11 is 0. The van der Waals surface area contributed by atoms with Crippen LogP contribution in [0.4, 0.5) is 0 Å². The lowest BCUT2D eigenvalue weighted by molar-refractivity contribution is 0.845. The topological polar surface area (TPSA) is 38.9 Å². The smallest absolute Gasteiger partial charge is 0.0705 e. The molecule has 84 valence electrons. The number of nitrogens with zero attached hydrogens (tertiary/aromatic N) is 1. The molecule has 0 spiro atoms. The zero-order valence-corrected chi connectivity index (χ0v) is 10.1. The van der Waals surface area contributed by atoms with Gasteiger partial charge in [-0.3, -0.25) is 4.98 Å². The van der Waals surface area contributed by atoms with Crippen LogP contribution in [0.25, 0.3) is 10.9 Å². The summed E-state index contributed by atoms with van der Waals surface area (Å²) in [5, 5.41) is 1.25. The molecule has 2 heteroatoms. The predicted molar refractivity (Wildman–Crippen MR) is 68.5 cm³/mol. The van der Waals surface area contributed by atoms with E-state index in [1.807, 2.05) is 6.20 Å². The van der Waals surface area contributed by atoms with Gasteiger partial charge in [-0.2, -0.15) is 0 Å². The van der Waals surface area contributed by atoms with Crippen LogP contribution in [0, 0.1) is 6.92 Å². The van der Waals surface area contributed by atoms with E-state index in [1.165, 1.54) is 16.5 Å².